The molecule has 0 aromatic rings. The Kier molecular flexibility index (Phi) is 7.47. The van der Waals surface area contributed by atoms with Gasteiger partial charge in [-0.3, -0.25) is 4.99 Å². The molecular weight excluding hydrogens is 136 g/mol. The molecular formula is C9H20N2. The second-order valence-electron chi connectivity index (χ2n) is 2.99. The Balaban J connectivity index is 3.15. The summed E-state index contributed by atoms with van der Waals surface area (Å²) in [7, 11) is 0. The summed E-state index contributed by atoms with van der Waals surface area (Å²) in [6.07, 6.45) is 5.47. The van der Waals surface area contributed by atoms with Crippen LogP contribution >= 0.6 is 0 Å². The number of rotatable bonds is 6. The van der Waals surface area contributed by atoms with Crippen molar-refractivity contribution in [3.05, 3.63) is 0 Å². The number of nitrogens with two attached hydrogens (primary N) is 1. The molecule has 2 heteroatoms. The molecule has 1 atom stereocenters. The highest BCUT2D eigenvalue weighted by Crippen LogP contribution is 2.08. The predicted octanol–water partition coefficient (Wildman–Crippen LogP) is 1.84. The van der Waals surface area contributed by atoms with Crippen LogP contribution in [-0.4, -0.2) is 19.3 Å². The predicted molar refractivity (Wildman–Crippen MR) is 51.1 cm³/mol. The molecule has 1 unspecified atom stereocenters. The normalized spacial score (nSPS) is 14.1. The number of hydrogen-bond donors (Lipinski definition) is 1. The van der Waals surface area contributed by atoms with Crippen LogP contribution in [0.2, 0.25) is 0 Å². The van der Waals surface area contributed by atoms with E-state index in [9.17, 15) is 0 Å². The molecule has 0 aliphatic carbocycles. The number of nitrogens with zero attached hydrogens (tertiary/aromatic N) is 1. The van der Waals surface area contributed by atoms with Gasteiger partial charge in [0.15, 0.2) is 0 Å². The van der Waals surface area contributed by atoms with Gasteiger partial charge in [-0.25, -0.2) is 0 Å². The fraction of sp³-hybridized carbons (Fsp3) is 0.889. The smallest absolute Gasteiger partial charge is 0.0387 e. The van der Waals surface area contributed by atoms with E-state index in [0.29, 0.717) is 0 Å². The van der Waals surface area contributed by atoms with Gasteiger partial charge in [0, 0.05) is 6.54 Å². The first kappa shape index (κ1) is 10.6. The maximum atomic E-state index is 5.40. The molecule has 66 valence electrons. The van der Waals surface area contributed by atoms with Crippen molar-refractivity contribution < 1.29 is 0 Å². The monoisotopic (exact) mass is 156 g/mol. The van der Waals surface area contributed by atoms with Crippen LogP contribution in [0.1, 0.15) is 33.1 Å². The molecule has 0 bridgehead atoms. The summed E-state index contributed by atoms with van der Waals surface area (Å²) in [5.74, 6) is 0.780. The van der Waals surface area contributed by atoms with Crippen LogP contribution in [0.15, 0.2) is 4.99 Å². The molecule has 0 aromatic carbocycles. The fourth-order valence-corrected chi connectivity index (χ4v) is 1.03. The van der Waals surface area contributed by atoms with Crippen molar-refractivity contribution in [3.8, 4) is 0 Å². The second-order valence-corrected chi connectivity index (χ2v) is 2.99. The van der Waals surface area contributed by atoms with E-state index < -0.39 is 0 Å². The topological polar surface area (TPSA) is 38.4 Å². The first-order valence-electron chi connectivity index (χ1n) is 4.45. The molecule has 0 saturated heterocycles. The molecule has 11 heavy (non-hydrogen) atoms. The average Bonchev–Trinajstić information content (AvgIpc) is 2.01. The van der Waals surface area contributed by atoms with Gasteiger partial charge in [0.2, 0.25) is 0 Å². The Hall–Kier alpha value is -0.370. The van der Waals surface area contributed by atoms with Crippen LogP contribution in [-0.2, 0) is 0 Å². The third-order valence-electron chi connectivity index (χ3n) is 1.83. The van der Waals surface area contributed by atoms with E-state index in [-0.39, 0.29) is 0 Å². The third kappa shape index (κ3) is 7.53. The van der Waals surface area contributed by atoms with Crippen molar-refractivity contribution in [1.29, 1.82) is 0 Å². The standard InChI is InChI=1S/C9H20N2/c1-3-11-8-6-9(2)5-4-7-10/h3,9H,4-8,10H2,1-2H3. The summed E-state index contributed by atoms with van der Waals surface area (Å²) in [4.78, 5) is 4.16. The lowest BCUT2D eigenvalue weighted by Gasteiger charge is -2.07. The second kappa shape index (κ2) is 7.73. The Morgan fingerprint density at radius 3 is 2.73 bits per heavy atom. The van der Waals surface area contributed by atoms with Crippen molar-refractivity contribution in [3.63, 3.8) is 0 Å². The molecule has 0 heterocycles. The van der Waals surface area contributed by atoms with E-state index in [0.717, 1.165) is 25.4 Å². The lowest BCUT2D eigenvalue weighted by molar-refractivity contribution is 0.485. The van der Waals surface area contributed by atoms with Gasteiger partial charge in [-0.05, 0) is 44.9 Å². The number of aliphatic imine (C=N–C) groups is 1. The maximum Gasteiger partial charge on any atom is 0.0387 e. The molecule has 0 saturated carbocycles. The van der Waals surface area contributed by atoms with Crippen molar-refractivity contribution in [2.24, 2.45) is 16.6 Å². The molecule has 0 spiro atoms. The quantitative estimate of drug-likeness (QED) is 0.585. The van der Waals surface area contributed by atoms with Crippen molar-refractivity contribution in [1.82, 2.24) is 0 Å². The summed E-state index contributed by atoms with van der Waals surface area (Å²) in [6, 6.07) is 0. The van der Waals surface area contributed by atoms with Gasteiger partial charge in [0.25, 0.3) is 0 Å². The van der Waals surface area contributed by atoms with Gasteiger partial charge >= 0.3 is 0 Å². The van der Waals surface area contributed by atoms with Crippen LogP contribution in [0.3, 0.4) is 0 Å². The van der Waals surface area contributed by atoms with E-state index in [2.05, 4.69) is 11.9 Å². The van der Waals surface area contributed by atoms with Gasteiger partial charge in [-0.15, -0.1) is 0 Å². The lowest BCUT2D eigenvalue weighted by atomic mass is 10.0. The van der Waals surface area contributed by atoms with Gasteiger partial charge < -0.3 is 5.73 Å². The van der Waals surface area contributed by atoms with Crippen LogP contribution < -0.4 is 5.73 Å². The highest BCUT2D eigenvalue weighted by atomic mass is 14.7. The minimum Gasteiger partial charge on any atom is -0.330 e. The molecule has 0 radical (unpaired) electrons. The summed E-state index contributed by atoms with van der Waals surface area (Å²) in [5.41, 5.74) is 5.40. The van der Waals surface area contributed by atoms with E-state index >= 15 is 0 Å². The SMILES string of the molecule is CC=NCCC(C)CCCN. The van der Waals surface area contributed by atoms with E-state index in [1.165, 1.54) is 12.8 Å². The molecule has 0 fully saturated rings. The molecule has 2 nitrogen and oxygen atoms in total. The van der Waals surface area contributed by atoms with E-state index in [4.69, 9.17) is 5.73 Å². The number of hydrogen-bond acceptors (Lipinski definition) is 2. The first-order chi connectivity index (χ1) is 5.31. The van der Waals surface area contributed by atoms with Crippen LogP contribution in [0.5, 0.6) is 0 Å². The minimum atomic E-state index is 0.780. The largest absolute Gasteiger partial charge is 0.330 e. The van der Waals surface area contributed by atoms with Crippen LogP contribution in [0, 0.1) is 5.92 Å². The molecule has 2 N–H and O–H groups in total. The molecule has 0 aliphatic rings. The zero-order valence-electron chi connectivity index (χ0n) is 7.71. The van der Waals surface area contributed by atoms with Gasteiger partial charge in [0.05, 0.1) is 0 Å². The molecule has 0 aromatic heterocycles. The van der Waals surface area contributed by atoms with Gasteiger partial charge in [-0.2, -0.15) is 0 Å². The highest BCUT2D eigenvalue weighted by molar-refractivity contribution is 5.53. The Labute approximate surface area is 69.9 Å². The summed E-state index contributed by atoms with van der Waals surface area (Å²) < 4.78 is 0. The van der Waals surface area contributed by atoms with E-state index in [1.807, 2.05) is 13.1 Å². The van der Waals surface area contributed by atoms with Gasteiger partial charge in [-0.1, -0.05) is 6.92 Å². The lowest BCUT2D eigenvalue weighted by Crippen LogP contribution is -2.03. The maximum absolute atomic E-state index is 5.40. The minimum absolute atomic E-state index is 0.780. The first-order valence-corrected chi connectivity index (χ1v) is 4.45. The Morgan fingerprint density at radius 2 is 2.18 bits per heavy atom. The fourth-order valence-electron chi connectivity index (χ4n) is 1.03. The Bertz CT molecular complexity index is 99.7. The van der Waals surface area contributed by atoms with Gasteiger partial charge in [0.1, 0.15) is 0 Å². The summed E-state index contributed by atoms with van der Waals surface area (Å²) in [5, 5.41) is 0. The summed E-state index contributed by atoms with van der Waals surface area (Å²) >= 11 is 0. The van der Waals surface area contributed by atoms with Crippen LogP contribution in [0.25, 0.3) is 0 Å². The van der Waals surface area contributed by atoms with Crippen LogP contribution in [0.4, 0.5) is 0 Å². The summed E-state index contributed by atoms with van der Waals surface area (Å²) in [6.45, 7) is 6.02. The zero-order valence-corrected chi connectivity index (χ0v) is 7.71. The Morgan fingerprint density at radius 1 is 1.45 bits per heavy atom. The van der Waals surface area contributed by atoms with Crippen molar-refractivity contribution in [2.75, 3.05) is 13.1 Å². The molecule has 0 amide bonds. The van der Waals surface area contributed by atoms with Crippen molar-refractivity contribution in [2.45, 2.75) is 33.1 Å². The average molecular weight is 156 g/mol. The molecule has 0 rings (SSSR count). The zero-order chi connectivity index (χ0) is 8.53. The molecule has 0 aliphatic heterocycles. The van der Waals surface area contributed by atoms with Crippen molar-refractivity contribution >= 4 is 6.21 Å². The van der Waals surface area contributed by atoms with E-state index in [1.54, 1.807) is 0 Å². The highest BCUT2D eigenvalue weighted by Gasteiger charge is 1.98. The third-order valence-corrected chi connectivity index (χ3v) is 1.83.